The molecule has 1 heterocycles. The fourth-order valence-corrected chi connectivity index (χ4v) is 2.05. The molecule has 1 aromatic carbocycles. The Kier molecular flexibility index (Phi) is 4.39. The second-order valence-corrected chi connectivity index (χ2v) is 4.00. The molecule has 0 radical (unpaired) electrons. The smallest absolute Gasteiger partial charge is 0.240 e. The Labute approximate surface area is 111 Å². The summed E-state index contributed by atoms with van der Waals surface area (Å²) in [6.45, 7) is 2.94. The van der Waals surface area contributed by atoms with Crippen molar-refractivity contribution < 1.29 is 19.0 Å². The van der Waals surface area contributed by atoms with Crippen LogP contribution < -0.4 is 14.4 Å². The topological polar surface area (TPSA) is 60.4 Å². The zero-order valence-electron chi connectivity index (χ0n) is 11.0. The first-order valence-electron chi connectivity index (χ1n) is 5.96. The largest absolute Gasteiger partial charge is 0.494 e. The van der Waals surface area contributed by atoms with Gasteiger partial charge in [0.05, 0.1) is 33.1 Å². The van der Waals surface area contributed by atoms with Crippen LogP contribution in [0.3, 0.4) is 0 Å². The van der Waals surface area contributed by atoms with Gasteiger partial charge in [0, 0.05) is 25.2 Å². The Morgan fingerprint density at radius 1 is 1.21 bits per heavy atom. The summed E-state index contributed by atoms with van der Waals surface area (Å²) in [6, 6.07) is 3.49. The van der Waals surface area contributed by atoms with Crippen LogP contribution in [-0.2, 0) is 9.53 Å². The predicted molar refractivity (Wildman–Crippen MR) is 70.4 cm³/mol. The maximum atomic E-state index is 10.4. The zero-order chi connectivity index (χ0) is 13.7. The SMILES string of the molecule is COc1cc(N2CCOCC2)c(OC)cc1N=C=O. The van der Waals surface area contributed by atoms with Crippen LogP contribution in [0, 0.1) is 0 Å². The van der Waals surface area contributed by atoms with Gasteiger partial charge >= 0.3 is 0 Å². The molecule has 0 saturated carbocycles. The lowest BCUT2D eigenvalue weighted by Crippen LogP contribution is -2.36. The number of morpholine rings is 1. The summed E-state index contributed by atoms with van der Waals surface area (Å²) in [6.07, 6.45) is 1.51. The molecule has 6 heteroatoms. The van der Waals surface area contributed by atoms with E-state index in [2.05, 4.69) is 9.89 Å². The lowest BCUT2D eigenvalue weighted by atomic mass is 10.2. The molecular weight excluding hydrogens is 248 g/mol. The van der Waals surface area contributed by atoms with Crippen molar-refractivity contribution in [3.63, 3.8) is 0 Å². The van der Waals surface area contributed by atoms with E-state index >= 15 is 0 Å². The van der Waals surface area contributed by atoms with Gasteiger partial charge in [-0.2, -0.15) is 4.99 Å². The van der Waals surface area contributed by atoms with Crippen molar-refractivity contribution in [3.8, 4) is 11.5 Å². The summed E-state index contributed by atoms with van der Waals surface area (Å²) in [4.78, 5) is 16.2. The minimum Gasteiger partial charge on any atom is -0.494 e. The van der Waals surface area contributed by atoms with Crippen molar-refractivity contribution in [2.24, 2.45) is 4.99 Å². The van der Waals surface area contributed by atoms with Crippen LogP contribution in [0.4, 0.5) is 11.4 Å². The fourth-order valence-electron chi connectivity index (χ4n) is 2.05. The van der Waals surface area contributed by atoms with Gasteiger partial charge in [-0.15, -0.1) is 0 Å². The van der Waals surface area contributed by atoms with Gasteiger partial charge < -0.3 is 19.1 Å². The third-order valence-electron chi connectivity index (χ3n) is 3.00. The zero-order valence-corrected chi connectivity index (χ0v) is 11.0. The Balaban J connectivity index is 2.43. The molecule has 1 aliphatic heterocycles. The van der Waals surface area contributed by atoms with Gasteiger partial charge in [0.25, 0.3) is 0 Å². The van der Waals surface area contributed by atoms with Crippen LogP contribution in [0.5, 0.6) is 11.5 Å². The molecule has 1 aliphatic rings. The molecule has 1 fully saturated rings. The molecule has 0 bridgehead atoms. The molecule has 1 aromatic rings. The number of anilines is 1. The average molecular weight is 264 g/mol. The normalized spacial score (nSPS) is 14.7. The minimum absolute atomic E-state index is 0.409. The first kappa shape index (κ1) is 13.4. The molecule has 6 nitrogen and oxygen atoms in total. The van der Waals surface area contributed by atoms with E-state index in [9.17, 15) is 4.79 Å². The second-order valence-electron chi connectivity index (χ2n) is 4.00. The average Bonchev–Trinajstić information content (AvgIpc) is 2.48. The highest BCUT2D eigenvalue weighted by atomic mass is 16.5. The number of hydrogen-bond acceptors (Lipinski definition) is 6. The van der Waals surface area contributed by atoms with Gasteiger partial charge in [0.15, 0.2) is 0 Å². The minimum atomic E-state index is 0.409. The summed E-state index contributed by atoms with van der Waals surface area (Å²) in [5, 5.41) is 0. The Morgan fingerprint density at radius 2 is 1.89 bits per heavy atom. The predicted octanol–water partition coefficient (Wildman–Crippen LogP) is 1.51. The Hall–Kier alpha value is -2.04. The number of ether oxygens (including phenoxy) is 3. The third kappa shape index (κ3) is 2.86. The summed E-state index contributed by atoms with van der Waals surface area (Å²) in [5.41, 5.74) is 1.32. The number of isocyanates is 1. The van der Waals surface area contributed by atoms with Crippen molar-refractivity contribution >= 4 is 17.5 Å². The number of nitrogens with zero attached hydrogens (tertiary/aromatic N) is 2. The van der Waals surface area contributed by atoms with Crippen molar-refractivity contribution in [1.29, 1.82) is 0 Å². The van der Waals surface area contributed by atoms with Gasteiger partial charge in [0.1, 0.15) is 17.2 Å². The van der Waals surface area contributed by atoms with E-state index in [4.69, 9.17) is 14.2 Å². The highest BCUT2D eigenvalue weighted by Crippen LogP contribution is 2.39. The number of benzene rings is 1. The highest BCUT2D eigenvalue weighted by molar-refractivity contribution is 5.71. The van der Waals surface area contributed by atoms with E-state index < -0.39 is 0 Å². The monoisotopic (exact) mass is 264 g/mol. The van der Waals surface area contributed by atoms with Crippen LogP contribution in [0.15, 0.2) is 17.1 Å². The van der Waals surface area contributed by atoms with Gasteiger partial charge in [-0.05, 0) is 0 Å². The molecule has 1 saturated heterocycles. The summed E-state index contributed by atoms with van der Waals surface area (Å²) < 4.78 is 15.9. The van der Waals surface area contributed by atoms with Crippen LogP contribution in [0.2, 0.25) is 0 Å². The Morgan fingerprint density at radius 3 is 2.47 bits per heavy atom. The van der Waals surface area contributed by atoms with Gasteiger partial charge in [-0.1, -0.05) is 0 Å². The summed E-state index contributed by atoms with van der Waals surface area (Å²) >= 11 is 0. The fraction of sp³-hybridized carbons (Fsp3) is 0.462. The van der Waals surface area contributed by atoms with E-state index in [0.29, 0.717) is 30.4 Å². The lowest BCUT2D eigenvalue weighted by Gasteiger charge is -2.30. The van der Waals surface area contributed by atoms with Crippen molar-refractivity contribution in [2.45, 2.75) is 0 Å². The number of methoxy groups -OCH3 is 2. The molecule has 0 spiro atoms. The van der Waals surface area contributed by atoms with Gasteiger partial charge in [-0.25, -0.2) is 4.79 Å². The maximum absolute atomic E-state index is 10.4. The van der Waals surface area contributed by atoms with E-state index in [-0.39, 0.29) is 0 Å². The molecule has 0 unspecified atom stereocenters. The molecule has 0 amide bonds. The molecule has 0 atom stereocenters. The number of rotatable bonds is 4. The third-order valence-corrected chi connectivity index (χ3v) is 3.00. The molecule has 0 N–H and O–H groups in total. The molecule has 19 heavy (non-hydrogen) atoms. The van der Waals surface area contributed by atoms with Crippen LogP contribution >= 0.6 is 0 Å². The lowest BCUT2D eigenvalue weighted by molar-refractivity contribution is 0.122. The van der Waals surface area contributed by atoms with Crippen LogP contribution in [-0.4, -0.2) is 46.6 Å². The summed E-state index contributed by atoms with van der Waals surface area (Å²) in [7, 11) is 3.12. The van der Waals surface area contributed by atoms with E-state index in [1.165, 1.54) is 13.2 Å². The van der Waals surface area contributed by atoms with Crippen LogP contribution in [0.25, 0.3) is 0 Å². The number of hydrogen-bond donors (Lipinski definition) is 0. The maximum Gasteiger partial charge on any atom is 0.240 e. The van der Waals surface area contributed by atoms with E-state index in [0.717, 1.165) is 18.8 Å². The molecule has 2 rings (SSSR count). The van der Waals surface area contributed by atoms with Gasteiger partial charge in [0.2, 0.25) is 6.08 Å². The quantitative estimate of drug-likeness (QED) is 0.609. The molecule has 0 aromatic heterocycles. The van der Waals surface area contributed by atoms with Crippen molar-refractivity contribution in [2.75, 3.05) is 45.4 Å². The van der Waals surface area contributed by atoms with Gasteiger partial charge in [-0.3, -0.25) is 0 Å². The van der Waals surface area contributed by atoms with Crippen molar-refractivity contribution in [1.82, 2.24) is 0 Å². The first-order chi connectivity index (χ1) is 9.30. The summed E-state index contributed by atoms with van der Waals surface area (Å²) in [5.74, 6) is 1.17. The highest BCUT2D eigenvalue weighted by Gasteiger charge is 2.18. The van der Waals surface area contributed by atoms with E-state index in [1.807, 2.05) is 6.07 Å². The number of carbonyl (C=O) groups excluding carboxylic acids is 1. The second kappa shape index (κ2) is 6.22. The first-order valence-corrected chi connectivity index (χ1v) is 5.96. The number of aliphatic imine (C=N–C) groups is 1. The Bertz CT molecular complexity index is 492. The van der Waals surface area contributed by atoms with Crippen molar-refractivity contribution in [3.05, 3.63) is 12.1 Å². The van der Waals surface area contributed by atoms with E-state index in [1.54, 1.807) is 13.2 Å². The standard InChI is InChI=1S/C13H16N2O4/c1-17-12-8-11(15-3-5-19-6-4-15)13(18-2)7-10(12)14-9-16/h7-8H,3-6H2,1-2H3. The van der Waals surface area contributed by atoms with Crippen LogP contribution in [0.1, 0.15) is 0 Å². The molecule has 102 valence electrons. The molecule has 0 aliphatic carbocycles. The molecular formula is C13H16N2O4.